The highest BCUT2D eigenvalue weighted by atomic mass is 32.2. The Morgan fingerprint density at radius 3 is 2.63 bits per heavy atom. The quantitative estimate of drug-likeness (QED) is 0.308. The molecule has 11 nitrogen and oxygen atoms in total. The van der Waals surface area contributed by atoms with Gasteiger partial charge in [-0.1, -0.05) is 25.6 Å². The number of hydrogen-bond acceptors (Lipinski definition) is 10. The Kier molecular flexibility index (Phi) is 10.3. The lowest BCUT2D eigenvalue weighted by Gasteiger charge is -2.25. The normalized spacial score (nSPS) is 22.1. The monoisotopic (exact) mass is 528 g/mol. The van der Waals surface area contributed by atoms with Gasteiger partial charge in [-0.3, -0.25) is 13.9 Å². The fourth-order valence-corrected chi connectivity index (χ4v) is 6.25. The number of rotatable bonds is 10. The summed E-state index contributed by atoms with van der Waals surface area (Å²) < 4.78 is 31.4. The number of nitrogens with zero attached hydrogens (tertiary/aromatic N) is 2. The highest BCUT2D eigenvalue weighted by Crippen LogP contribution is 2.48. The molecule has 0 aliphatic carbocycles. The largest absolute Gasteiger partial charge is 0.462 e. The van der Waals surface area contributed by atoms with Crippen LogP contribution < -0.4 is 21.0 Å². The molecule has 1 aliphatic rings. The molecule has 194 valence electrons. The predicted octanol–water partition coefficient (Wildman–Crippen LogP) is 2.96. The van der Waals surface area contributed by atoms with E-state index in [4.69, 9.17) is 19.5 Å². The summed E-state index contributed by atoms with van der Waals surface area (Å²) in [5.74, 6) is -0.222. The Morgan fingerprint density at radius 2 is 2.00 bits per heavy atom. The topological polar surface area (TPSA) is 155 Å². The molecule has 1 aliphatic heterocycles. The minimum Gasteiger partial charge on any atom is -0.462 e. The molecule has 1 aromatic heterocycles. The number of anilines is 1. The van der Waals surface area contributed by atoms with E-state index in [2.05, 4.69) is 10.1 Å². The average molecular weight is 529 g/mol. The number of nitrogen functional groups attached to an aromatic ring is 1. The molecule has 0 bridgehead atoms. The molecule has 35 heavy (non-hydrogen) atoms. The van der Waals surface area contributed by atoms with Gasteiger partial charge in [-0.05, 0) is 39.0 Å². The number of aliphatic hydroxyl groups excluding tert-OH is 1. The lowest BCUT2D eigenvalue weighted by molar-refractivity contribution is -0.149. The van der Waals surface area contributed by atoms with E-state index in [1.165, 1.54) is 35.5 Å². The van der Waals surface area contributed by atoms with Gasteiger partial charge in [0.15, 0.2) is 0 Å². The van der Waals surface area contributed by atoms with Gasteiger partial charge >= 0.3 is 19.4 Å². The number of aliphatic hydroxyl groups is 1. The van der Waals surface area contributed by atoms with Crippen LogP contribution in [0.1, 0.15) is 40.0 Å². The van der Waals surface area contributed by atoms with Gasteiger partial charge in [-0.15, -0.1) is 11.8 Å². The fourth-order valence-electron chi connectivity index (χ4n) is 3.19. The Labute approximate surface area is 209 Å². The van der Waals surface area contributed by atoms with Crippen molar-refractivity contribution in [1.29, 1.82) is 0 Å². The van der Waals surface area contributed by atoms with E-state index >= 15 is 0 Å². The number of carbonyl (C=O) groups is 1. The van der Waals surface area contributed by atoms with Gasteiger partial charge in [0, 0.05) is 12.6 Å². The minimum absolute atomic E-state index is 0. The summed E-state index contributed by atoms with van der Waals surface area (Å²) >= 11 is 1.28. The van der Waals surface area contributed by atoms with Gasteiger partial charge in [0.25, 0.3) is 0 Å². The lowest BCUT2D eigenvalue weighted by atomic mass is 10.2. The van der Waals surface area contributed by atoms with E-state index in [1.54, 1.807) is 44.2 Å². The van der Waals surface area contributed by atoms with Gasteiger partial charge in [0.05, 0.1) is 29.4 Å². The molecule has 4 N–H and O–H groups in total. The van der Waals surface area contributed by atoms with Crippen LogP contribution in [-0.2, 0) is 18.6 Å². The predicted molar refractivity (Wildman–Crippen MR) is 135 cm³/mol. The third-order valence-corrected chi connectivity index (χ3v) is 7.98. The standard InChI is InChI=1S/C21H29N4O7PS.CH4/c1-13(2)31-20(27)14(3)24-33(29,32-15-7-5-4-6-8-15)30-12-17-16(26)11-19(34-17)25-10-9-18(22)23-21(25)28;/h4-10,13-14,16-17,19,26H,11-12H2,1-3H3,(H,24,29)(H2,22,23,28);1H4/t14-,16+,17+,19+,33-;/m0./s1. The van der Waals surface area contributed by atoms with Crippen LogP contribution in [0.15, 0.2) is 47.4 Å². The number of thioether (sulfide) groups is 1. The number of para-hydroxylation sites is 1. The molecule has 13 heteroatoms. The van der Waals surface area contributed by atoms with Gasteiger partial charge in [-0.2, -0.15) is 10.1 Å². The highest BCUT2D eigenvalue weighted by molar-refractivity contribution is 8.00. The molecule has 0 amide bonds. The number of nitrogens with one attached hydrogen (secondary N) is 1. The van der Waals surface area contributed by atoms with E-state index in [9.17, 15) is 19.3 Å². The summed E-state index contributed by atoms with van der Waals surface area (Å²) in [6.45, 7) is 4.74. The first-order valence-electron chi connectivity index (χ1n) is 10.7. The Balaban J connectivity index is 0.00000432. The van der Waals surface area contributed by atoms with Crippen LogP contribution >= 0.6 is 19.5 Å². The summed E-state index contributed by atoms with van der Waals surface area (Å²) in [6.07, 6.45) is 0.595. The zero-order chi connectivity index (χ0) is 24.9. The highest BCUT2D eigenvalue weighted by Gasteiger charge is 2.39. The van der Waals surface area contributed by atoms with Crippen molar-refractivity contribution >= 4 is 31.3 Å². The zero-order valence-electron chi connectivity index (χ0n) is 19.1. The van der Waals surface area contributed by atoms with Gasteiger partial charge in [-0.25, -0.2) is 9.36 Å². The molecule has 2 aromatic rings. The van der Waals surface area contributed by atoms with Crippen LogP contribution in [0.3, 0.4) is 0 Å². The molecule has 0 unspecified atom stereocenters. The van der Waals surface area contributed by atoms with E-state index in [1.807, 2.05) is 0 Å². The SMILES string of the molecule is C.CC(C)OC(=O)[C@H](C)N[P@](=O)(OC[C@H]1S[C@@H](n2ccc(N)nc2=O)C[C@H]1O)Oc1ccccc1. The lowest BCUT2D eigenvalue weighted by Crippen LogP contribution is -2.37. The third-order valence-electron chi connectivity index (χ3n) is 4.80. The number of nitrogens with two attached hydrogens (primary N) is 1. The molecule has 0 radical (unpaired) electrons. The van der Waals surface area contributed by atoms with Gasteiger partial charge in [0.1, 0.15) is 17.6 Å². The molecular weight excluding hydrogens is 495 g/mol. The maximum absolute atomic E-state index is 13.6. The molecule has 0 saturated carbocycles. The number of ether oxygens (including phenoxy) is 1. The first-order valence-corrected chi connectivity index (χ1v) is 13.2. The van der Waals surface area contributed by atoms with E-state index in [0.717, 1.165) is 0 Å². The van der Waals surface area contributed by atoms with Crippen molar-refractivity contribution in [3.8, 4) is 5.75 Å². The summed E-state index contributed by atoms with van der Waals surface area (Å²) in [5.41, 5.74) is 5.02. The van der Waals surface area contributed by atoms with Crippen molar-refractivity contribution in [3.63, 3.8) is 0 Å². The Hall–Kier alpha value is -2.37. The Morgan fingerprint density at radius 1 is 1.31 bits per heavy atom. The molecule has 2 heterocycles. The van der Waals surface area contributed by atoms with Crippen molar-refractivity contribution in [2.75, 3.05) is 12.3 Å². The molecule has 3 rings (SSSR count). The Bertz CT molecular complexity index is 1080. The molecule has 0 spiro atoms. The minimum atomic E-state index is -4.05. The number of benzene rings is 1. The van der Waals surface area contributed by atoms with E-state index < -0.39 is 42.2 Å². The number of carbonyl (C=O) groups excluding carboxylic acids is 1. The van der Waals surface area contributed by atoms with Crippen LogP contribution in [0.5, 0.6) is 5.75 Å². The maximum atomic E-state index is 13.6. The average Bonchev–Trinajstić information content (AvgIpc) is 3.12. The van der Waals surface area contributed by atoms with Crippen LogP contribution in [0, 0.1) is 0 Å². The summed E-state index contributed by atoms with van der Waals surface area (Å²) in [7, 11) is -4.05. The number of esters is 1. The molecule has 5 atom stereocenters. The number of aromatic nitrogens is 2. The van der Waals surface area contributed by atoms with Crippen LogP contribution in [0.2, 0.25) is 0 Å². The second-order valence-electron chi connectivity index (χ2n) is 8.01. The van der Waals surface area contributed by atoms with Crippen molar-refractivity contribution < 1.29 is 28.3 Å². The van der Waals surface area contributed by atoms with Crippen molar-refractivity contribution in [1.82, 2.24) is 14.6 Å². The van der Waals surface area contributed by atoms with Crippen molar-refractivity contribution in [3.05, 3.63) is 53.1 Å². The smallest absolute Gasteiger partial charge is 0.459 e. The van der Waals surface area contributed by atoms with Crippen LogP contribution in [0.25, 0.3) is 0 Å². The maximum Gasteiger partial charge on any atom is 0.459 e. The third kappa shape index (κ3) is 8.08. The van der Waals surface area contributed by atoms with Crippen LogP contribution in [0.4, 0.5) is 5.82 Å². The second kappa shape index (κ2) is 12.5. The van der Waals surface area contributed by atoms with Crippen molar-refractivity contribution in [2.24, 2.45) is 0 Å². The second-order valence-corrected chi connectivity index (χ2v) is 11.1. The first-order chi connectivity index (χ1) is 16.1. The molecule has 1 aromatic carbocycles. The van der Waals surface area contributed by atoms with Crippen LogP contribution in [-0.4, -0.2) is 50.7 Å². The summed E-state index contributed by atoms with van der Waals surface area (Å²) in [6, 6.07) is 8.90. The molecular formula is C22H33N4O7PS. The van der Waals surface area contributed by atoms with Crippen molar-refractivity contribution in [2.45, 2.75) is 63.5 Å². The summed E-state index contributed by atoms with van der Waals surface area (Å²) in [5, 5.41) is 12.2. The fraction of sp³-hybridized carbons (Fsp3) is 0.500. The van der Waals surface area contributed by atoms with Gasteiger partial charge in [0.2, 0.25) is 0 Å². The zero-order valence-corrected chi connectivity index (χ0v) is 20.8. The van der Waals surface area contributed by atoms with E-state index in [0.29, 0.717) is 0 Å². The number of hydrogen-bond donors (Lipinski definition) is 3. The first kappa shape index (κ1) is 28.9. The van der Waals surface area contributed by atoms with E-state index in [-0.39, 0.29) is 38.1 Å². The molecule has 1 saturated heterocycles. The summed E-state index contributed by atoms with van der Waals surface area (Å²) in [4.78, 5) is 28.1. The van der Waals surface area contributed by atoms with Gasteiger partial charge < -0.3 is 20.1 Å². The molecule has 1 fully saturated rings.